The number of aromatic nitrogens is 5. The van der Waals surface area contributed by atoms with Gasteiger partial charge < -0.3 is 15.5 Å². The van der Waals surface area contributed by atoms with Gasteiger partial charge in [0.15, 0.2) is 5.82 Å². The third-order valence-electron chi connectivity index (χ3n) is 5.80. The van der Waals surface area contributed by atoms with Crippen molar-refractivity contribution in [3.63, 3.8) is 0 Å². The Balaban J connectivity index is 1.52. The Labute approximate surface area is 183 Å². The number of hydrogen-bond acceptors (Lipinski definition) is 7. The molecule has 1 amide bonds. The summed E-state index contributed by atoms with van der Waals surface area (Å²) < 4.78 is 16.0. The Kier molecular flexibility index (Phi) is 4.93. The van der Waals surface area contributed by atoms with Crippen molar-refractivity contribution < 1.29 is 9.18 Å². The van der Waals surface area contributed by atoms with E-state index in [1.807, 2.05) is 7.05 Å². The van der Waals surface area contributed by atoms with Crippen molar-refractivity contribution in [1.82, 2.24) is 30.0 Å². The van der Waals surface area contributed by atoms with E-state index in [0.29, 0.717) is 39.4 Å². The third-order valence-corrected chi connectivity index (χ3v) is 5.80. The van der Waals surface area contributed by atoms with Gasteiger partial charge in [0.25, 0.3) is 5.91 Å². The zero-order chi connectivity index (χ0) is 22.4. The summed E-state index contributed by atoms with van der Waals surface area (Å²) in [4.78, 5) is 28.8. The molecule has 3 aromatic heterocycles. The number of carbonyl (C=O) groups is 1. The van der Waals surface area contributed by atoms with E-state index in [9.17, 15) is 9.18 Å². The molecule has 4 aromatic rings. The van der Waals surface area contributed by atoms with Crippen molar-refractivity contribution in [2.24, 2.45) is 7.05 Å². The lowest BCUT2D eigenvalue weighted by atomic mass is 10.1. The summed E-state index contributed by atoms with van der Waals surface area (Å²) in [6.45, 7) is 3.46. The smallest absolute Gasteiger partial charge is 0.259 e. The van der Waals surface area contributed by atoms with E-state index >= 15 is 0 Å². The summed E-state index contributed by atoms with van der Waals surface area (Å²) in [6.07, 6.45) is 5.96. The molecule has 10 heteroatoms. The summed E-state index contributed by atoms with van der Waals surface area (Å²) in [5.41, 5.74) is 1.43. The van der Waals surface area contributed by atoms with Crippen molar-refractivity contribution in [1.29, 1.82) is 0 Å². The van der Waals surface area contributed by atoms with Crippen LogP contribution in [0.1, 0.15) is 22.6 Å². The second kappa shape index (κ2) is 7.79. The molecule has 9 nitrogen and oxygen atoms in total. The molecule has 32 heavy (non-hydrogen) atoms. The van der Waals surface area contributed by atoms with E-state index < -0.39 is 11.7 Å². The van der Waals surface area contributed by atoms with Crippen molar-refractivity contribution in [2.75, 3.05) is 30.4 Å². The minimum Gasteiger partial charge on any atom is -0.354 e. The van der Waals surface area contributed by atoms with E-state index in [-0.39, 0.29) is 5.52 Å². The standard InChI is InChI=1S/C22H23FN8O/c1-12-25-8-16-20(27-12)17(9-26-21(16)31-5-4-14(11-31)24-2)22(32)28-15-6-13-10-30(3)29-19(13)18(23)7-15/h6-10,14,24H,4-5,11H2,1-3H3,(H,28,32)/t14-/m1/s1. The number of nitrogens with zero attached hydrogens (tertiary/aromatic N) is 6. The summed E-state index contributed by atoms with van der Waals surface area (Å²) in [5.74, 6) is 0.408. The lowest BCUT2D eigenvalue weighted by Crippen LogP contribution is -2.30. The van der Waals surface area contributed by atoms with Crippen LogP contribution in [0.4, 0.5) is 15.9 Å². The third kappa shape index (κ3) is 3.52. The van der Waals surface area contributed by atoms with Gasteiger partial charge >= 0.3 is 0 Å². The lowest BCUT2D eigenvalue weighted by Gasteiger charge is -2.20. The number of halogens is 1. The van der Waals surface area contributed by atoms with Crippen LogP contribution in [0.25, 0.3) is 21.8 Å². The van der Waals surface area contributed by atoms with Gasteiger partial charge in [-0.1, -0.05) is 0 Å². The van der Waals surface area contributed by atoms with Gasteiger partial charge in [-0.3, -0.25) is 9.48 Å². The van der Waals surface area contributed by atoms with E-state index in [4.69, 9.17) is 0 Å². The predicted octanol–water partition coefficient (Wildman–Crippen LogP) is 2.41. The summed E-state index contributed by atoms with van der Waals surface area (Å²) >= 11 is 0. The Morgan fingerprint density at radius 3 is 2.84 bits per heavy atom. The van der Waals surface area contributed by atoms with Gasteiger partial charge in [0.1, 0.15) is 17.2 Å². The van der Waals surface area contributed by atoms with E-state index in [1.54, 1.807) is 32.4 Å². The van der Waals surface area contributed by atoms with E-state index in [2.05, 4.69) is 35.6 Å². The fraction of sp³-hybridized carbons (Fsp3) is 0.318. The fourth-order valence-corrected chi connectivity index (χ4v) is 4.18. The van der Waals surface area contributed by atoms with Crippen molar-refractivity contribution >= 4 is 39.2 Å². The molecule has 5 rings (SSSR count). The number of nitrogens with one attached hydrogen (secondary N) is 2. The molecule has 1 aromatic carbocycles. The maximum absolute atomic E-state index is 14.4. The first-order valence-electron chi connectivity index (χ1n) is 10.4. The molecular formula is C22H23FN8O. The number of rotatable bonds is 4. The highest BCUT2D eigenvalue weighted by Crippen LogP contribution is 2.29. The average molecular weight is 434 g/mol. The summed E-state index contributed by atoms with van der Waals surface area (Å²) in [7, 11) is 3.67. The first kappa shape index (κ1) is 20.3. The van der Waals surface area contributed by atoms with Crippen LogP contribution in [0.15, 0.2) is 30.7 Å². The second-order valence-corrected chi connectivity index (χ2v) is 8.05. The first-order valence-corrected chi connectivity index (χ1v) is 10.4. The summed E-state index contributed by atoms with van der Waals surface area (Å²) in [6, 6.07) is 3.34. The average Bonchev–Trinajstić information content (AvgIpc) is 3.39. The van der Waals surface area contributed by atoms with Crippen LogP contribution in [0.2, 0.25) is 0 Å². The van der Waals surface area contributed by atoms with E-state index in [0.717, 1.165) is 25.3 Å². The lowest BCUT2D eigenvalue weighted by molar-refractivity contribution is 0.102. The van der Waals surface area contributed by atoms with Gasteiger partial charge in [0.05, 0.1) is 16.5 Å². The maximum atomic E-state index is 14.4. The predicted molar refractivity (Wildman–Crippen MR) is 120 cm³/mol. The van der Waals surface area contributed by atoms with Crippen molar-refractivity contribution in [2.45, 2.75) is 19.4 Å². The fourth-order valence-electron chi connectivity index (χ4n) is 4.18. The normalized spacial score (nSPS) is 16.2. The molecule has 1 saturated heterocycles. The Hall–Kier alpha value is -3.66. The number of pyridine rings is 1. The number of amides is 1. The maximum Gasteiger partial charge on any atom is 0.259 e. The second-order valence-electron chi connectivity index (χ2n) is 8.05. The highest BCUT2D eigenvalue weighted by atomic mass is 19.1. The topological polar surface area (TPSA) is 101 Å². The Morgan fingerprint density at radius 2 is 2.06 bits per heavy atom. The quantitative estimate of drug-likeness (QED) is 0.509. The molecule has 164 valence electrons. The number of carbonyl (C=O) groups excluding carboxylic acids is 1. The monoisotopic (exact) mass is 434 g/mol. The van der Waals surface area contributed by atoms with Gasteiger partial charge in [0, 0.05) is 55.8 Å². The molecule has 0 bridgehead atoms. The number of aryl methyl sites for hydroxylation is 2. The first-order chi connectivity index (χ1) is 15.4. The molecule has 0 unspecified atom stereocenters. The number of anilines is 2. The minimum atomic E-state index is -0.497. The number of likely N-dealkylation sites (N-methyl/N-ethyl adjacent to an activating group) is 1. The Morgan fingerprint density at radius 1 is 1.22 bits per heavy atom. The largest absolute Gasteiger partial charge is 0.354 e. The van der Waals surface area contributed by atoms with Crippen LogP contribution in [0.5, 0.6) is 0 Å². The molecule has 0 saturated carbocycles. The SMILES string of the molecule is CN[C@@H]1CCN(c2ncc(C(=O)Nc3cc(F)c4nn(C)cc4c3)c3nc(C)ncc23)C1. The van der Waals surface area contributed by atoms with Crippen LogP contribution in [-0.2, 0) is 7.05 Å². The van der Waals surface area contributed by atoms with Gasteiger partial charge in [-0.15, -0.1) is 0 Å². The molecule has 0 spiro atoms. The highest BCUT2D eigenvalue weighted by molar-refractivity contribution is 6.13. The minimum absolute atomic E-state index is 0.260. The molecule has 1 aliphatic rings. The molecule has 0 aliphatic carbocycles. The molecule has 4 heterocycles. The van der Waals surface area contributed by atoms with Crippen LogP contribution in [-0.4, -0.2) is 56.8 Å². The van der Waals surface area contributed by atoms with Crippen LogP contribution >= 0.6 is 0 Å². The summed E-state index contributed by atoms with van der Waals surface area (Å²) in [5, 5.41) is 11.5. The van der Waals surface area contributed by atoms with Gasteiger partial charge in [-0.05, 0) is 32.5 Å². The van der Waals surface area contributed by atoms with Crippen LogP contribution in [0, 0.1) is 12.7 Å². The highest BCUT2D eigenvalue weighted by Gasteiger charge is 2.25. The van der Waals surface area contributed by atoms with Crippen LogP contribution in [0.3, 0.4) is 0 Å². The van der Waals surface area contributed by atoms with Crippen molar-refractivity contribution in [3.8, 4) is 0 Å². The molecule has 1 atom stereocenters. The van der Waals surface area contributed by atoms with Gasteiger partial charge in [0.2, 0.25) is 0 Å². The molecule has 1 fully saturated rings. The molecule has 0 radical (unpaired) electrons. The molecule has 1 aliphatic heterocycles. The van der Waals surface area contributed by atoms with Crippen molar-refractivity contribution in [3.05, 3.63) is 47.9 Å². The molecule has 2 N–H and O–H groups in total. The number of hydrogen-bond donors (Lipinski definition) is 2. The van der Waals surface area contributed by atoms with Crippen LogP contribution < -0.4 is 15.5 Å². The number of fused-ring (bicyclic) bond motifs is 2. The Bertz CT molecular complexity index is 1350. The molecular weight excluding hydrogens is 411 g/mol. The van der Waals surface area contributed by atoms with Gasteiger partial charge in [-0.2, -0.15) is 5.10 Å². The number of benzene rings is 1. The van der Waals surface area contributed by atoms with E-state index in [1.165, 1.54) is 16.9 Å². The zero-order valence-corrected chi connectivity index (χ0v) is 18.1. The zero-order valence-electron chi connectivity index (χ0n) is 18.1. The van der Waals surface area contributed by atoms with Gasteiger partial charge in [-0.25, -0.2) is 19.3 Å².